The normalized spacial score (nSPS) is 10.0. The maximum absolute atomic E-state index is 10.9. The van der Waals surface area contributed by atoms with Crippen LogP contribution in [0.1, 0.15) is 0 Å². The molecule has 0 fully saturated rings. The second-order valence-corrected chi connectivity index (χ2v) is 2.27. The SMILES string of the molecule is O=c1cncc2ncccc2n1. The summed E-state index contributed by atoms with van der Waals surface area (Å²) in [5.41, 5.74) is 0.845. The highest BCUT2D eigenvalue weighted by Gasteiger charge is 1.91. The third kappa shape index (κ3) is 1.14. The van der Waals surface area contributed by atoms with Gasteiger partial charge >= 0.3 is 0 Å². The molecular weight excluding hydrogens is 154 g/mol. The molecule has 0 atom stereocenters. The van der Waals surface area contributed by atoms with Crippen molar-refractivity contribution < 1.29 is 0 Å². The van der Waals surface area contributed by atoms with Crippen molar-refractivity contribution in [1.29, 1.82) is 0 Å². The van der Waals surface area contributed by atoms with E-state index in [2.05, 4.69) is 15.0 Å². The van der Waals surface area contributed by atoms with Crippen molar-refractivity contribution in [3.63, 3.8) is 0 Å². The first-order valence-corrected chi connectivity index (χ1v) is 3.43. The lowest BCUT2D eigenvalue weighted by Gasteiger charge is -1.84. The fourth-order valence-corrected chi connectivity index (χ4v) is 0.922. The summed E-state index contributed by atoms with van der Waals surface area (Å²) in [5.74, 6) is 0. The minimum Gasteiger partial charge on any atom is -0.266 e. The van der Waals surface area contributed by atoms with E-state index in [-0.39, 0.29) is 5.56 Å². The quantitative estimate of drug-likeness (QED) is 0.557. The Morgan fingerprint density at radius 2 is 2.08 bits per heavy atom. The molecule has 2 aromatic rings. The van der Waals surface area contributed by atoms with Crippen LogP contribution in [0.2, 0.25) is 0 Å². The zero-order valence-electron chi connectivity index (χ0n) is 6.14. The molecule has 0 aliphatic heterocycles. The van der Waals surface area contributed by atoms with Crippen molar-refractivity contribution in [2.75, 3.05) is 0 Å². The van der Waals surface area contributed by atoms with E-state index in [1.54, 1.807) is 18.3 Å². The van der Waals surface area contributed by atoms with E-state index in [9.17, 15) is 4.79 Å². The Morgan fingerprint density at radius 1 is 1.17 bits per heavy atom. The number of hydrogen-bond donors (Lipinski definition) is 0. The summed E-state index contributed by atoms with van der Waals surface area (Å²) < 4.78 is 0. The molecule has 4 heteroatoms. The molecule has 12 heavy (non-hydrogen) atoms. The molecule has 0 N–H and O–H groups in total. The van der Waals surface area contributed by atoms with Crippen molar-refractivity contribution in [2.45, 2.75) is 0 Å². The van der Waals surface area contributed by atoms with E-state index in [0.29, 0.717) is 11.0 Å². The maximum Gasteiger partial charge on any atom is 0.288 e. The van der Waals surface area contributed by atoms with Gasteiger partial charge in [0.25, 0.3) is 5.56 Å². The molecule has 0 aliphatic rings. The first kappa shape index (κ1) is 6.84. The van der Waals surface area contributed by atoms with Gasteiger partial charge in [-0.05, 0) is 12.1 Å². The van der Waals surface area contributed by atoms with Crippen LogP contribution in [0.25, 0.3) is 11.0 Å². The lowest BCUT2D eigenvalue weighted by Crippen LogP contribution is -1.98. The smallest absolute Gasteiger partial charge is 0.266 e. The fraction of sp³-hybridized carbons (Fsp3) is 0. The largest absolute Gasteiger partial charge is 0.288 e. The van der Waals surface area contributed by atoms with Crippen molar-refractivity contribution in [3.05, 3.63) is 41.1 Å². The van der Waals surface area contributed by atoms with Crippen LogP contribution in [0, 0.1) is 0 Å². The number of nitrogens with zero attached hydrogens (tertiary/aromatic N) is 3. The average molecular weight is 159 g/mol. The van der Waals surface area contributed by atoms with Crippen LogP contribution in [0.3, 0.4) is 0 Å². The molecule has 2 heterocycles. The Morgan fingerprint density at radius 3 is 3.00 bits per heavy atom. The van der Waals surface area contributed by atoms with E-state index in [4.69, 9.17) is 0 Å². The topological polar surface area (TPSA) is 55.7 Å². The average Bonchev–Trinajstić information content (AvgIpc) is 2.25. The van der Waals surface area contributed by atoms with Gasteiger partial charge in [-0.2, -0.15) is 0 Å². The highest BCUT2D eigenvalue weighted by molar-refractivity contribution is 5.71. The molecular formula is C8H5N3O. The van der Waals surface area contributed by atoms with Crippen LogP contribution >= 0.6 is 0 Å². The predicted molar refractivity (Wildman–Crippen MR) is 43.6 cm³/mol. The Bertz CT molecular complexity index is 469. The van der Waals surface area contributed by atoms with Gasteiger partial charge in [0.05, 0.1) is 17.9 Å². The van der Waals surface area contributed by atoms with Crippen LogP contribution in [0.4, 0.5) is 0 Å². The molecule has 58 valence electrons. The van der Waals surface area contributed by atoms with E-state index >= 15 is 0 Å². The second kappa shape index (κ2) is 2.65. The van der Waals surface area contributed by atoms with Gasteiger partial charge in [0.15, 0.2) is 0 Å². The number of rotatable bonds is 0. The number of hydrogen-bond acceptors (Lipinski definition) is 4. The van der Waals surface area contributed by atoms with Crippen molar-refractivity contribution >= 4 is 11.0 Å². The lowest BCUT2D eigenvalue weighted by molar-refractivity contribution is 1.26. The molecule has 0 aliphatic carbocycles. The van der Waals surface area contributed by atoms with Crippen LogP contribution < -0.4 is 5.56 Å². The van der Waals surface area contributed by atoms with Gasteiger partial charge in [-0.25, -0.2) is 4.98 Å². The van der Waals surface area contributed by atoms with E-state index in [1.807, 2.05) is 0 Å². The molecule has 0 saturated carbocycles. The molecule has 0 bridgehead atoms. The Balaban J connectivity index is 2.98. The molecule has 0 spiro atoms. The first-order chi connectivity index (χ1) is 5.86. The van der Waals surface area contributed by atoms with Crippen LogP contribution in [0.15, 0.2) is 35.5 Å². The van der Waals surface area contributed by atoms with E-state index < -0.39 is 0 Å². The van der Waals surface area contributed by atoms with Crippen molar-refractivity contribution in [3.8, 4) is 0 Å². The zero-order chi connectivity index (χ0) is 8.39. The van der Waals surface area contributed by atoms with E-state index in [1.165, 1.54) is 12.4 Å². The number of fused-ring (bicyclic) bond motifs is 1. The maximum atomic E-state index is 10.9. The third-order valence-electron chi connectivity index (χ3n) is 1.43. The Labute approximate surface area is 67.9 Å². The Hall–Kier alpha value is -1.84. The summed E-state index contributed by atoms with van der Waals surface area (Å²) in [6, 6.07) is 3.46. The number of pyridine rings is 1. The van der Waals surface area contributed by atoms with Gasteiger partial charge < -0.3 is 0 Å². The molecule has 0 unspecified atom stereocenters. The van der Waals surface area contributed by atoms with Crippen LogP contribution in [-0.2, 0) is 0 Å². The monoisotopic (exact) mass is 159 g/mol. The molecule has 4 nitrogen and oxygen atoms in total. The first-order valence-electron chi connectivity index (χ1n) is 3.43. The second-order valence-electron chi connectivity index (χ2n) is 2.27. The van der Waals surface area contributed by atoms with Gasteiger partial charge in [-0.1, -0.05) is 0 Å². The van der Waals surface area contributed by atoms with Crippen molar-refractivity contribution in [2.24, 2.45) is 0 Å². The summed E-state index contributed by atoms with van der Waals surface area (Å²) in [6.07, 6.45) is 4.32. The summed E-state index contributed by atoms with van der Waals surface area (Å²) in [4.78, 5) is 22.4. The van der Waals surface area contributed by atoms with Gasteiger partial charge in [-0.3, -0.25) is 14.8 Å². The highest BCUT2D eigenvalue weighted by atomic mass is 16.1. The Kier molecular flexibility index (Phi) is 1.51. The van der Waals surface area contributed by atoms with Gasteiger partial charge in [0.2, 0.25) is 0 Å². The summed E-state index contributed by atoms with van der Waals surface area (Å²) >= 11 is 0. The number of aromatic nitrogens is 3. The minimum atomic E-state index is -0.349. The summed E-state index contributed by atoms with van der Waals surface area (Å²) in [5, 5.41) is 0. The standard InChI is InChI=1S/C8H5N3O/c12-8-5-9-4-7-6(11-8)2-1-3-10-7/h1-5H. The van der Waals surface area contributed by atoms with Crippen LogP contribution in [0.5, 0.6) is 0 Å². The molecule has 2 aromatic heterocycles. The molecule has 0 saturated heterocycles. The van der Waals surface area contributed by atoms with Crippen LogP contribution in [-0.4, -0.2) is 15.0 Å². The summed E-state index contributed by atoms with van der Waals surface area (Å²) in [6.45, 7) is 0. The van der Waals surface area contributed by atoms with E-state index in [0.717, 1.165) is 0 Å². The van der Waals surface area contributed by atoms with Gasteiger partial charge in [-0.15, -0.1) is 0 Å². The third-order valence-corrected chi connectivity index (χ3v) is 1.43. The van der Waals surface area contributed by atoms with Gasteiger partial charge in [0, 0.05) is 6.20 Å². The predicted octanol–water partition coefficient (Wildman–Crippen LogP) is 0.385. The highest BCUT2D eigenvalue weighted by Crippen LogP contribution is 2.00. The molecule has 0 radical (unpaired) electrons. The zero-order valence-corrected chi connectivity index (χ0v) is 6.14. The summed E-state index contributed by atoms with van der Waals surface area (Å²) in [7, 11) is 0. The molecule has 0 amide bonds. The fourth-order valence-electron chi connectivity index (χ4n) is 0.922. The van der Waals surface area contributed by atoms with Crippen molar-refractivity contribution in [1.82, 2.24) is 15.0 Å². The van der Waals surface area contributed by atoms with Gasteiger partial charge in [0.1, 0.15) is 5.52 Å². The molecule has 2 rings (SSSR count). The minimum absolute atomic E-state index is 0.349. The molecule has 0 aromatic carbocycles. The lowest BCUT2D eigenvalue weighted by atomic mass is 10.4.